The Morgan fingerprint density at radius 2 is 1.76 bits per heavy atom. The van der Waals surface area contributed by atoms with Crippen molar-refractivity contribution in [3.8, 4) is 5.69 Å². The van der Waals surface area contributed by atoms with Gasteiger partial charge in [0.05, 0.1) is 22.4 Å². The zero-order valence-electron chi connectivity index (χ0n) is 24.6. The van der Waals surface area contributed by atoms with Gasteiger partial charge in [0.2, 0.25) is 11.8 Å². The van der Waals surface area contributed by atoms with Crippen LogP contribution in [0.15, 0.2) is 67.0 Å². The molecule has 0 saturated heterocycles. The normalized spacial score (nSPS) is 15.4. The number of aromatic nitrogens is 3. The summed E-state index contributed by atoms with van der Waals surface area (Å²) in [5, 5.41) is 8.10. The number of fused-ring (bicyclic) bond motifs is 1. The third-order valence-corrected chi connectivity index (χ3v) is 8.63. The molecular weight excluding hydrogens is 530 g/mol. The number of hydrogen-bond acceptors (Lipinski definition) is 5. The minimum absolute atomic E-state index is 0.0991. The van der Waals surface area contributed by atoms with Crippen LogP contribution in [-0.4, -0.2) is 38.9 Å². The number of nitrogens with one attached hydrogen (secondary N) is 1. The van der Waals surface area contributed by atoms with Crippen molar-refractivity contribution in [1.29, 1.82) is 0 Å². The van der Waals surface area contributed by atoms with Crippen LogP contribution in [0.2, 0.25) is 0 Å². The third kappa shape index (κ3) is 5.93. The van der Waals surface area contributed by atoms with Crippen LogP contribution in [-0.2, 0) is 21.5 Å². The van der Waals surface area contributed by atoms with Crippen molar-refractivity contribution in [1.82, 2.24) is 20.1 Å². The molecule has 1 aliphatic heterocycles. The number of nitrogens with zero attached hydrogens (tertiary/aromatic N) is 4. The van der Waals surface area contributed by atoms with E-state index in [-0.39, 0.29) is 34.8 Å². The maximum atomic E-state index is 13.9. The first-order valence-corrected chi connectivity index (χ1v) is 14.9. The molecule has 3 heterocycles. The number of amides is 2. The summed E-state index contributed by atoms with van der Waals surface area (Å²) >= 11 is 1.61. The Hall–Kier alpha value is -3.91. The van der Waals surface area contributed by atoms with Crippen molar-refractivity contribution in [2.45, 2.75) is 58.8 Å². The van der Waals surface area contributed by atoms with Crippen LogP contribution in [0.25, 0.3) is 5.69 Å². The first-order chi connectivity index (χ1) is 19.5. The summed E-state index contributed by atoms with van der Waals surface area (Å²) < 4.78 is 1.90. The van der Waals surface area contributed by atoms with Gasteiger partial charge in [-0.2, -0.15) is 5.10 Å². The lowest BCUT2D eigenvalue weighted by atomic mass is 9.86. The van der Waals surface area contributed by atoms with Gasteiger partial charge in [-0.05, 0) is 61.2 Å². The van der Waals surface area contributed by atoms with Gasteiger partial charge in [0.1, 0.15) is 12.4 Å². The van der Waals surface area contributed by atoms with Crippen LogP contribution in [0.1, 0.15) is 65.1 Å². The van der Waals surface area contributed by atoms with Gasteiger partial charge in [-0.1, -0.05) is 62.7 Å². The summed E-state index contributed by atoms with van der Waals surface area (Å²) in [6, 6.07) is 18.3. The molecule has 1 N–H and O–H groups in total. The molecular formula is C33H37N5O2S. The maximum absolute atomic E-state index is 13.9. The largest absolute Gasteiger partial charge is 0.350 e. The number of carbonyl (C=O) groups excluding carboxylic acids is 2. The van der Waals surface area contributed by atoms with E-state index in [1.54, 1.807) is 29.1 Å². The highest BCUT2D eigenvalue weighted by molar-refractivity contribution is 8.00. The fourth-order valence-electron chi connectivity index (χ4n) is 5.31. The molecule has 2 aromatic heterocycles. The highest BCUT2D eigenvalue weighted by Gasteiger charge is 2.40. The summed E-state index contributed by atoms with van der Waals surface area (Å²) in [5.41, 5.74) is 7.96. The molecule has 1 aliphatic rings. The van der Waals surface area contributed by atoms with E-state index in [4.69, 9.17) is 5.10 Å². The minimum Gasteiger partial charge on any atom is -0.350 e. The molecule has 1 atom stereocenters. The summed E-state index contributed by atoms with van der Waals surface area (Å²) in [6.07, 6.45) is 3.40. The highest BCUT2D eigenvalue weighted by Crippen LogP contribution is 2.49. The van der Waals surface area contributed by atoms with Crippen molar-refractivity contribution < 1.29 is 9.59 Å². The molecule has 0 spiro atoms. The summed E-state index contributed by atoms with van der Waals surface area (Å²) in [6.45, 7) is 13.0. The molecule has 1 unspecified atom stereocenters. The van der Waals surface area contributed by atoms with Gasteiger partial charge in [-0.25, -0.2) is 4.68 Å². The van der Waals surface area contributed by atoms with Crippen molar-refractivity contribution in [3.63, 3.8) is 0 Å². The summed E-state index contributed by atoms with van der Waals surface area (Å²) in [7, 11) is 0. The second kappa shape index (κ2) is 11.5. The fraction of sp³-hybridized carbons (Fsp3) is 0.333. The molecule has 2 aromatic carbocycles. The van der Waals surface area contributed by atoms with Gasteiger partial charge in [-0.3, -0.25) is 19.5 Å². The molecule has 41 heavy (non-hydrogen) atoms. The van der Waals surface area contributed by atoms with E-state index in [0.29, 0.717) is 12.4 Å². The number of rotatable bonds is 6. The Balaban J connectivity index is 1.69. The van der Waals surface area contributed by atoms with Crippen molar-refractivity contribution >= 4 is 29.4 Å². The molecule has 5 rings (SSSR count). The number of anilines is 1. The number of hydrogen-bond donors (Lipinski definition) is 1. The van der Waals surface area contributed by atoms with Gasteiger partial charge < -0.3 is 5.32 Å². The van der Waals surface area contributed by atoms with E-state index in [2.05, 4.69) is 82.2 Å². The quantitative estimate of drug-likeness (QED) is 0.310. The Morgan fingerprint density at radius 1 is 1.02 bits per heavy atom. The van der Waals surface area contributed by atoms with Gasteiger partial charge in [-0.15, -0.1) is 11.8 Å². The lowest BCUT2D eigenvalue weighted by Gasteiger charge is -2.25. The third-order valence-electron chi connectivity index (χ3n) is 7.39. The van der Waals surface area contributed by atoms with Gasteiger partial charge in [0.15, 0.2) is 0 Å². The molecule has 8 heteroatoms. The van der Waals surface area contributed by atoms with Gasteiger partial charge in [0.25, 0.3) is 0 Å². The molecule has 0 aliphatic carbocycles. The van der Waals surface area contributed by atoms with Gasteiger partial charge >= 0.3 is 0 Å². The zero-order chi connectivity index (χ0) is 29.3. The number of pyridine rings is 1. The van der Waals surface area contributed by atoms with Crippen molar-refractivity contribution in [2.75, 3.05) is 17.2 Å². The monoisotopic (exact) mass is 567 g/mol. The van der Waals surface area contributed by atoms with Crippen LogP contribution in [0.4, 0.5) is 5.82 Å². The smallest absolute Gasteiger partial charge is 0.240 e. The zero-order valence-corrected chi connectivity index (χ0v) is 25.4. The molecule has 4 aromatic rings. The predicted octanol–water partition coefficient (Wildman–Crippen LogP) is 5.98. The first kappa shape index (κ1) is 28.6. The van der Waals surface area contributed by atoms with Gasteiger partial charge in [0, 0.05) is 29.9 Å². The van der Waals surface area contributed by atoms with Crippen LogP contribution >= 0.6 is 11.8 Å². The van der Waals surface area contributed by atoms with E-state index < -0.39 is 0 Å². The van der Waals surface area contributed by atoms with E-state index >= 15 is 0 Å². The fourth-order valence-corrected chi connectivity index (χ4v) is 6.60. The van der Waals surface area contributed by atoms with Crippen LogP contribution in [0.5, 0.6) is 0 Å². The number of benzene rings is 2. The summed E-state index contributed by atoms with van der Waals surface area (Å²) in [5.74, 6) is 0.579. The van der Waals surface area contributed by atoms with E-state index in [0.717, 1.165) is 44.8 Å². The number of carbonyl (C=O) groups is 2. The lowest BCUT2D eigenvalue weighted by molar-refractivity contribution is -0.123. The number of aryl methyl sites for hydroxylation is 3. The van der Waals surface area contributed by atoms with E-state index in [1.165, 1.54) is 0 Å². The SMILES string of the molecule is Cc1ccc(-n2nc(C(C)(C)C)c3c2N(CC(=O)NCc2ccncc2)C(=O)CSC3c2ccccc2C)c(C)c1. The molecule has 0 radical (unpaired) electrons. The average Bonchev–Trinajstić information content (AvgIpc) is 3.26. The van der Waals surface area contributed by atoms with Crippen molar-refractivity contribution in [3.05, 3.63) is 106 Å². The van der Waals surface area contributed by atoms with E-state index in [9.17, 15) is 9.59 Å². The highest BCUT2D eigenvalue weighted by atomic mass is 32.2. The average molecular weight is 568 g/mol. The maximum Gasteiger partial charge on any atom is 0.240 e. The first-order valence-electron chi connectivity index (χ1n) is 13.9. The second-order valence-corrected chi connectivity index (χ2v) is 12.8. The minimum atomic E-state index is -0.307. The Bertz CT molecular complexity index is 1590. The topological polar surface area (TPSA) is 80.1 Å². The molecule has 2 amide bonds. The molecule has 7 nitrogen and oxygen atoms in total. The standard InChI is InChI=1S/C33H37N5O2S/c1-21-11-12-26(23(3)17-21)38-32-29(31(36-38)33(4,5)6)30(25-10-8-7-9-22(25)2)41-20-28(40)37(32)19-27(39)35-18-24-13-15-34-16-14-24/h7-17,30H,18-20H2,1-6H3,(H,35,39). The molecule has 0 fully saturated rings. The Labute approximate surface area is 246 Å². The molecule has 0 bridgehead atoms. The predicted molar refractivity (Wildman–Crippen MR) is 166 cm³/mol. The number of thioether (sulfide) groups is 1. The lowest BCUT2D eigenvalue weighted by Crippen LogP contribution is -2.42. The van der Waals surface area contributed by atoms with E-state index in [1.807, 2.05) is 28.9 Å². The Kier molecular flexibility index (Phi) is 8.04. The van der Waals surface area contributed by atoms with Crippen LogP contribution in [0.3, 0.4) is 0 Å². The summed E-state index contributed by atoms with van der Waals surface area (Å²) in [4.78, 5) is 33.0. The molecule has 212 valence electrons. The Morgan fingerprint density at radius 3 is 2.44 bits per heavy atom. The van der Waals surface area contributed by atoms with Crippen LogP contribution in [0, 0.1) is 20.8 Å². The van der Waals surface area contributed by atoms with Crippen molar-refractivity contribution in [2.24, 2.45) is 0 Å². The molecule has 0 saturated carbocycles. The van der Waals surface area contributed by atoms with Crippen LogP contribution < -0.4 is 10.2 Å². The second-order valence-electron chi connectivity index (χ2n) is 11.7.